The summed E-state index contributed by atoms with van der Waals surface area (Å²) in [6.07, 6.45) is 2.20. The quantitative estimate of drug-likeness (QED) is 0.569. The highest BCUT2D eigenvalue weighted by atomic mass is 32.2. The van der Waals surface area contributed by atoms with E-state index in [9.17, 15) is 0 Å². The smallest absolute Gasteiger partial charge is 0.00722 e. The van der Waals surface area contributed by atoms with Crippen LogP contribution in [0.15, 0.2) is 64.4 Å². The van der Waals surface area contributed by atoms with E-state index in [1.54, 1.807) is 0 Å². The van der Waals surface area contributed by atoms with Gasteiger partial charge in [0.25, 0.3) is 0 Å². The van der Waals surface area contributed by atoms with Crippen LogP contribution in [0, 0.1) is 0 Å². The molecule has 0 saturated heterocycles. The Kier molecular flexibility index (Phi) is 6.47. The van der Waals surface area contributed by atoms with Gasteiger partial charge in [0, 0.05) is 9.79 Å². The van der Waals surface area contributed by atoms with Crippen molar-refractivity contribution in [3.8, 4) is 0 Å². The van der Waals surface area contributed by atoms with Gasteiger partial charge in [0.05, 0.1) is 0 Å². The average molecular weight is 315 g/mol. The van der Waals surface area contributed by atoms with Gasteiger partial charge in [0.15, 0.2) is 0 Å². The SMILES string of the molecule is CC=C(c1ccc(SCC)cc1)c1ccc(SCC)cc1. The van der Waals surface area contributed by atoms with E-state index >= 15 is 0 Å². The Labute approximate surface area is 137 Å². The van der Waals surface area contributed by atoms with Crippen molar-refractivity contribution in [2.75, 3.05) is 11.5 Å². The predicted octanol–water partition coefficient (Wildman–Crippen LogP) is 6.36. The molecule has 2 aromatic carbocycles. The third-order valence-electron chi connectivity index (χ3n) is 3.24. The zero-order valence-corrected chi connectivity index (χ0v) is 14.6. The van der Waals surface area contributed by atoms with E-state index in [-0.39, 0.29) is 0 Å². The maximum absolute atomic E-state index is 2.22. The molecule has 110 valence electrons. The summed E-state index contributed by atoms with van der Waals surface area (Å²) in [7, 11) is 0. The maximum atomic E-state index is 2.22. The molecule has 0 aliphatic carbocycles. The Hall–Kier alpha value is -1.12. The Balaban J connectivity index is 2.22. The maximum Gasteiger partial charge on any atom is 0.00722 e. The van der Waals surface area contributed by atoms with Gasteiger partial charge in [0.2, 0.25) is 0 Å². The monoisotopic (exact) mass is 314 g/mol. The number of benzene rings is 2. The molecule has 0 spiro atoms. The predicted molar refractivity (Wildman–Crippen MR) is 98.4 cm³/mol. The highest BCUT2D eigenvalue weighted by Gasteiger charge is 2.04. The lowest BCUT2D eigenvalue weighted by atomic mass is 9.98. The summed E-state index contributed by atoms with van der Waals surface area (Å²) in [6, 6.07) is 17.8. The highest BCUT2D eigenvalue weighted by molar-refractivity contribution is 7.99. The molecule has 0 aliphatic heterocycles. The fourth-order valence-corrected chi connectivity index (χ4v) is 3.62. The van der Waals surface area contributed by atoms with Crippen LogP contribution < -0.4 is 0 Å². The number of hydrogen-bond donors (Lipinski definition) is 0. The van der Waals surface area contributed by atoms with Crippen LogP contribution in [0.1, 0.15) is 31.9 Å². The van der Waals surface area contributed by atoms with Gasteiger partial charge in [-0.05, 0) is 59.4 Å². The van der Waals surface area contributed by atoms with Crippen molar-refractivity contribution < 1.29 is 0 Å². The van der Waals surface area contributed by atoms with Crippen LogP contribution in [0.3, 0.4) is 0 Å². The Bertz CT molecular complexity index is 528. The Morgan fingerprint density at radius 1 is 0.762 bits per heavy atom. The first-order chi connectivity index (χ1) is 10.3. The third-order valence-corrected chi connectivity index (χ3v) is 5.03. The fourth-order valence-electron chi connectivity index (χ4n) is 2.29. The molecule has 0 fully saturated rings. The molecule has 0 amide bonds. The fraction of sp³-hybridized carbons (Fsp3) is 0.263. The van der Waals surface area contributed by atoms with Crippen molar-refractivity contribution in [3.05, 3.63) is 65.7 Å². The Morgan fingerprint density at radius 3 is 1.43 bits per heavy atom. The first-order valence-electron chi connectivity index (χ1n) is 7.41. The molecule has 0 saturated carbocycles. The summed E-state index contributed by atoms with van der Waals surface area (Å²) >= 11 is 3.77. The molecule has 0 nitrogen and oxygen atoms in total. The zero-order chi connectivity index (χ0) is 15.1. The molecule has 0 atom stereocenters. The minimum Gasteiger partial charge on any atom is -0.126 e. The van der Waals surface area contributed by atoms with Crippen LogP contribution in [0.2, 0.25) is 0 Å². The number of rotatable bonds is 6. The van der Waals surface area contributed by atoms with Crippen LogP contribution >= 0.6 is 23.5 Å². The molecule has 2 rings (SSSR count). The summed E-state index contributed by atoms with van der Waals surface area (Å²) in [5, 5.41) is 0. The molecule has 2 aromatic rings. The lowest BCUT2D eigenvalue weighted by Gasteiger charge is -2.10. The van der Waals surface area contributed by atoms with Gasteiger partial charge in [-0.2, -0.15) is 0 Å². The lowest BCUT2D eigenvalue weighted by Crippen LogP contribution is -1.88. The van der Waals surface area contributed by atoms with Crippen molar-refractivity contribution in [2.45, 2.75) is 30.6 Å². The van der Waals surface area contributed by atoms with E-state index < -0.39 is 0 Å². The largest absolute Gasteiger partial charge is 0.126 e. The number of allylic oxidation sites excluding steroid dienone is 1. The summed E-state index contributed by atoms with van der Waals surface area (Å²) in [6.45, 7) is 6.48. The normalized spacial score (nSPS) is 10.4. The third kappa shape index (κ3) is 4.42. The van der Waals surface area contributed by atoms with Crippen LogP contribution in [0.25, 0.3) is 5.57 Å². The van der Waals surface area contributed by atoms with Gasteiger partial charge in [0.1, 0.15) is 0 Å². The first-order valence-corrected chi connectivity index (χ1v) is 9.38. The van der Waals surface area contributed by atoms with Gasteiger partial charge < -0.3 is 0 Å². The summed E-state index contributed by atoms with van der Waals surface area (Å²) in [4.78, 5) is 2.68. The first kappa shape index (κ1) is 16.3. The van der Waals surface area contributed by atoms with Crippen molar-refractivity contribution in [3.63, 3.8) is 0 Å². The second-order valence-electron chi connectivity index (χ2n) is 4.62. The molecular formula is C19H22S2. The molecule has 0 heterocycles. The summed E-state index contributed by atoms with van der Waals surface area (Å²) in [5.74, 6) is 2.23. The second kappa shape index (κ2) is 8.35. The minimum atomic E-state index is 1.12. The van der Waals surface area contributed by atoms with Crippen LogP contribution in [-0.2, 0) is 0 Å². The standard InChI is InChI=1S/C19H22S2/c1-4-19(15-7-11-17(12-8-15)20-5-2)16-9-13-18(14-10-16)21-6-3/h4,7-14H,5-6H2,1-3H3. The van der Waals surface area contributed by atoms with E-state index in [1.165, 1.54) is 26.5 Å². The van der Waals surface area contributed by atoms with Gasteiger partial charge in [-0.15, -0.1) is 23.5 Å². The summed E-state index contributed by atoms with van der Waals surface area (Å²) in [5.41, 5.74) is 3.87. The zero-order valence-electron chi connectivity index (χ0n) is 12.9. The lowest BCUT2D eigenvalue weighted by molar-refractivity contribution is 1.38. The van der Waals surface area contributed by atoms with Crippen molar-refractivity contribution in [1.29, 1.82) is 0 Å². The van der Waals surface area contributed by atoms with E-state index in [1.807, 2.05) is 23.5 Å². The number of hydrogen-bond acceptors (Lipinski definition) is 2. The molecule has 0 aliphatic rings. The second-order valence-corrected chi connectivity index (χ2v) is 7.29. The van der Waals surface area contributed by atoms with Gasteiger partial charge >= 0.3 is 0 Å². The van der Waals surface area contributed by atoms with E-state index in [2.05, 4.69) is 75.4 Å². The molecule has 2 heteroatoms. The average Bonchev–Trinajstić information content (AvgIpc) is 2.52. The van der Waals surface area contributed by atoms with E-state index in [4.69, 9.17) is 0 Å². The van der Waals surface area contributed by atoms with Crippen molar-refractivity contribution >= 4 is 29.1 Å². The summed E-state index contributed by atoms with van der Waals surface area (Å²) < 4.78 is 0. The molecule has 21 heavy (non-hydrogen) atoms. The van der Waals surface area contributed by atoms with E-state index in [0.29, 0.717) is 0 Å². The van der Waals surface area contributed by atoms with Crippen LogP contribution in [0.4, 0.5) is 0 Å². The molecular weight excluding hydrogens is 292 g/mol. The Morgan fingerprint density at radius 2 is 1.14 bits per heavy atom. The topological polar surface area (TPSA) is 0 Å². The molecule has 0 N–H and O–H groups in total. The molecule has 0 aromatic heterocycles. The highest BCUT2D eigenvalue weighted by Crippen LogP contribution is 2.28. The number of thioether (sulfide) groups is 2. The molecule has 0 unspecified atom stereocenters. The van der Waals surface area contributed by atoms with Crippen LogP contribution in [0.5, 0.6) is 0 Å². The molecule has 0 bridgehead atoms. The minimum absolute atomic E-state index is 1.12. The van der Waals surface area contributed by atoms with Gasteiger partial charge in [-0.3, -0.25) is 0 Å². The van der Waals surface area contributed by atoms with Crippen molar-refractivity contribution in [2.24, 2.45) is 0 Å². The van der Waals surface area contributed by atoms with E-state index in [0.717, 1.165) is 11.5 Å². The van der Waals surface area contributed by atoms with Crippen molar-refractivity contribution in [1.82, 2.24) is 0 Å². The molecule has 0 radical (unpaired) electrons. The van der Waals surface area contributed by atoms with Gasteiger partial charge in [-0.1, -0.05) is 44.2 Å². The van der Waals surface area contributed by atoms with Gasteiger partial charge in [-0.25, -0.2) is 0 Å². The van der Waals surface area contributed by atoms with Crippen LogP contribution in [-0.4, -0.2) is 11.5 Å².